The molecule has 1 aromatic heterocycles. The number of hydrogen-bond acceptors (Lipinski definition) is 7. The Balaban J connectivity index is 1.47. The number of carbonyl (C=O) groups is 1. The maximum atomic E-state index is 12.1. The standard InChI is InChI=1S/C19H19N3O4S/c20-9-13-6-12-7-16-17(26-5-4-25-16)8-15(12)22-19(13)27-11-18(23)21-10-14-2-1-3-24-14/h6-8,14H,1-5,10-11H2,(H,21,23)/t14-/m0/s1. The summed E-state index contributed by atoms with van der Waals surface area (Å²) in [5.74, 6) is 1.41. The van der Waals surface area contributed by atoms with E-state index >= 15 is 0 Å². The number of aromatic nitrogens is 1. The summed E-state index contributed by atoms with van der Waals surface area (Å²) < 4.78 is 16.7. The molecule has 2 aliphatic heterocycles. The van der Waals surface area contributed by atoms with Gasteiger partial charge in [-0.3, -0.25) is 4.79 Å². The van der Waals surface area contributed by atoms with Gasteiger partial charge in [-0.05, 0) is 25.0 Å². The van der Waals surface area contributed by atoms with Crippen molar-refractivity contribution in [2.24, 2.45) is 0 Å². The zero-order valence-corrected chi connectivity index (χ0v) is 15.5. The molecule has 4 rings (SSSR count). The molecule has 0 unspecified atom stereocenters. The lowest BCUT2D eigenvalue weighted by molar-refractivity contribution is -0.119. The van der Waals surface area contributed by atoms with Crippen molar-refractivity contribution in [1.82, 2.24) is 10.3 Å². The minimum atomic E-state index is -0.0940. The number of pyridine rings is 1. The summed E-state index contributed by atoms with van der Waals surface area (Å²) in [4.78, 5) is 16.7. The molecule has 0 saturated carbocycles. The zero-order valence-electron chi connectivity index (χ0n) is 14.7. The predicted octanol–water partition coefficient (Wildman–Crippen LogP) is 2.26. The summed E-state index contributed by atoms with van der Waals surface area (Å²) in [6, 6.07) is 7.58. The van der Waals surface area contributed by atoms with Crippen molar-refractivity contribution in [3.8, 4) is 17.6 Å². The molecule has 8 heteroatoms. The molecule has 3 heterocycles. The van der Waals surface area contributed by atoms with Gasteiger partial charge in [-0.2, -0.15) is 5.26 Å². The number of amides is 1. The first-order valence-corrected chi connectivity index (χ1v) is 9.87. The number of carbonyl (C=O) groups excluding carboxylic acids is 1. The van der Waals surface area contributed by atoms with Crippen molar-refractivity contribution >= 4 is 28.6 Å². The Morgan fingerprint density at radius 2 is 2.07 bits per heavy atom. The summed E-state index contributed by atoms with van der Waals surface area (Å²) in [5.41, 5.74) is 1.15. The van der Waals surface area contributed by atoms with Crippen LogP contribution in [-0.2, 0) is 9.53 Å². The van der Waals surface area contributed by atoms with Gasteiger partial charge in [-0.1, -0.05) is 11.8 Å². The average molecular weight is 385 g/mol. The van der Waals surface area contributed by atoms with Crippen LogP contribution in [0.15, 0.2) is 23.2 Å². The lowest BCUT2D eigenvalue weighted by atomic mass is 10.1. The van der Waals surface area contributed by atoms with Gasteiger partial charge in [-0.15, -0.1) is 0 Å². The number of fused-ring (bicyclic) bond motifs is 2. The van der Waals surface area contributed by atoms with Crippen molar-refractivity contribution in [3.63, 3.8) is 0 Å². The monoisotopic (exact) mass is 385 g/mol. The minimum absolute atomic E-state index is 0.0940. The summed E-state index contributed by atoms with van der Waals surface area (Å²) in [5, 5.41) is 13.7. The number of benzene rings is 1. The minimum Gasteiger partial charge on any atom is -0.486 e. The molecule has 27 heavy (non-hydrogen) atoms. The highest BCUT2D eigenvalue weighted by Crippen LogP contribution is 2.35. The molecule has 1 N–H and O–H groups in total. The number of rotatable bonds is 5. The molecule has 1 amide bonds. The first-order valence-electron chi connectivity index (χ1n) is 8.88. The number of nitrogens with one attached hydrogen (secondary N) is 1. The van der Waals surface area contributed by atoms with Crippen molar-refractivity contribution in [1.29, 1.82) is 5.26 Å². The van der Waals surface area contributed by atoms with Gasteiger partial charge in [-0.25, -0.2) is 4.98 Å². The van der Waals surface area contributed by atoms with Crippen molar-refractivity contribution in [3.05, 3.63) is 23.8 Å². The number of thioether (sulfide) groups is 1. The topological polar surface area (TPSA) is 93.5 Å². The molecule has 0 bridgehead atoms. The molecule has 7 nitrogen and oxygen atoms in total. The molecule has 1 fully saturated rings. The van der Waals surface area contributed by atoms with Crippen LogP contribution in [0.3, 0.4) is 0 Å². The van der Waals surface area contributed by atoms with Gasteiger partial charge in [0.1, 0.15) is 24.3 Å². The fourth-order valence-corrected chi connectivity index (χ4v) is 3.89. The van der Waals surface area contributed by atoms with Crippen molar-refractivity contribution in [2.45, 2.75) is 24.0 Å². The van der Waals surface area contributed by atoms with Crippen LogP contribution >= 0.6 is 11.8 Å². The smallest absolute Gasteiger partial charge is 0.230 e. The molecule has 140 valence electrons. The van der Waals surface area contributed by atoms with Gasteiger partial charge in [0.2, 0.25) is 5.91 Å². The molecule has 1 atom stereocenters. The third-order valence-electron chi connectivity index (χ3n) is 4.46. The molecule has 0 spiro atoms. The fraction of sp³-hybridized carbons (Fsp3) is 0.421. The maximum absolute atomic E-state index is 12.1. The third kappa shape index (κ3) is 4.10. The molecular weight excluding hydrogens is 366 g/mol. The van der Waals surface area contributed by atoms with Gasteiger partial charge >= 0.3 is 0 Å². The van der Waals surface area contributed by atoms with E-state index in [1.165, 1.54) is 11.8 Å². The highest BCUT2D eigenvalue weighted by Gasteiger charge is 2.18. The van der Waals surface area contributed by atoms with Crippen molar-refractivity contribution < 1.29 is 19.0 Å². The van der Waals surface area contributed by atoms with E-state index in [0.29, 0.717) is 47.4 Å². The lowest BCUT2D eigenvalue weighted by Gasteiger charge is -2.19. The largest absolute Gasteiger partial charge is 0.486 e. The SMILES string of the molecule is N#Cc1cc2cc3c(cc2nc1SCC(=O)NC[C@@H]1CCCO1)OCCO3. The van der Waals surface area contributed by atoms with Crippen LogP contribution in [0.4, 0.5) is 0 Å². The predicted molar refractivity (Wildman–Crippen MR) is 100 cm³/mol. The number of nitrogens with zero attached hydrogens (tertiary/aromatic N) is 2. The molecule has 1 aromatic carbocycles. The maximum Gasteiger partial charge on any atom is 0.230 e. The van der Waals surface area contributed by atoms with Crippen molar-refractivity contribution in [2.75, 3.05) is 32.1 Å². The van der Waals surface area contributed by atoms with E-state index in [9.17, 15) is 10.1 Å². The Kier molecular flexibility index (Phi) is 5.32. The van der Waals surface area contributed by atoms with Crippen LogP contribution in [-0.4, -0.2) is 49.1 Å². The Hall–Kier alpha value is -2.50. The van der Waals surface area contributed by atoms with Gasteiger partial charge < -0.3 is 19.5 Å². The van der Waals surface area contributed by atoms with Crippen LogP contribution in [0.25, 0.3) is 10.9 Å². The van der Waals surface area contributed by atoms with Crippen LogP contribution < -0.4 is 14.8 Å². The fourth-order valence-electron chi connectivity index (χ4n) is 3.10. The highest BCUT2D eigenvalue weighted by atomic mass is 32.2. The molecule has 1 saturated heterocycles. The molecular formula is C19H19N3O4S. The summed E-state index contributed by atoms with van der Waals surface area (Å²) in [7, 11) is 0. The Morgan fingerprint density at radius 3 is 2.81 bits per heavy atom. The molecule has 0 radical (unpaired) electrons. The Labute approximate surface area is 161 Å². The van der Waals surface area contributed by atoms with Gasteiger partial charge in [0.15, 0.2) is 11.5 Å². The Bertz CT molecular complexity index is 906. The van der Waals surface area contributed by atoms with Gasteiger partial charge in [0.25, 0.3) is 0 Å². The Morgan fingerprint density at radius 1 is 1.26 bits per heavy atom. The average Bonchev–Trinajstić information content (AvgIpc) is 3.22. The van der Waals surface area contributed by atoms with E-state index in [4.69, 9.17) is 14.2 Å². The summed E-state index contributed by atoms with van der Waals surface area (Å²) >= 11 is 1.26. The van der Waals surface area contributed by atoms with E-state index in [2.05, 4.69) is 16.4 Å². The summed E-state index contributed by atoms with van der Waals surface area (Å²) in [6.07, 6.45) is 2.13. The van der Waals surface area contributed by atoms with E-state index in [-0.39, 0.29) is 17.8 Å². The molecule has 2 aromatic rings. The first-order chi connectivity index (χ1) is 13.2. The number of hydrogen-bond donors (Lipinski definition) is 1. The molecule has 2 aliphatic rings. The normalized spacial score (nSPS) is 18.3. The van der Waals surface area contributed by atoms with Crippen LogP contribution in [0, 0.1) is 11.3 Å². The lowest BCUT2D eigenvalue weighted by Crippen LogP contribution is -2.32. The number of ether oxygens (including phenoxy) is 3. The van der Waals surface area contributed by atoms with Crippen LogP contribution in [0.2, 0.25) is 0 Å². The van der Waals surface area contributed by atoms with E-state index < -0.39 is 0 Å². The number of nitriles is 1. The first kappa shape index (κ1) is 17.9. The second-order valence-corrected chi connectivity index (χ2v) is 7.33. The van der Waals surface area contributed by atoms with Crippen LogP contribution in [0.1, 0.15) is 18.4 Å². The second kappa shape index (κ2) is 8.03. The van der Waals surface area contributed by atoms with E-state index in [1.54, 1.807) is 6.07 Å². The van der Waals surface area contributed by atoms with Gasteiger partial charge in [0, 0.05) is 24.6 Å². The second-order valence-electron chi connectivity index (χ2n) is 6.37. The highest BCUT2D eigenvalue weighted by molar-refractivity contribution is 8.00. The zero-order chi connectivity index (χ0) is 18.6. The quantitative estimate of drug-likeness (QED) is 0.789. The van der Waals surface area contributed by atoms with Crippen LogP contribution in [0.5, 0.6) is 11.5 Å². The molecule has 0 aliphatic carbocycles. The summed E-state index contributed by atoms with van der Waals surface area (Å²) in [6.45, 7) is 2.30. The van der Waals surface area contributed by atoms with E-state index in [1.807, 2.05) is 12.1 Å². The third-order valence-corrected chi connectivity index (χ3v) is 5.45. The van der Waals surface area contributed by atoms with Gasteiger partial charge in [0.05, 0.1) is 22.9 Å². The van der Waals surface area contributed by atoms with E-state index in [0.717, 1.165) is 24.8 Å².